The lowest BCUT2D eigenvalue weighted by Gasteiger charge is -2.02. The summed E-state index contributed by atoms with van der Waals surface area (Å²) in [5, 5.41) is 19.7. The first-order chi connectivity index (χ1) is 8.24. The van der Waals surface area contributed by atoms with Gasteiger partial charge in [0.15, 0.2) is 5.82 Å². The molecule has 0 saturated heterocycles. The standard InChI is InChI=1S/C12H9N3O2/c16-8-3-1-2-7(6-8)10-14-11-9(4-5-13-11)12(17)15-10/h1-6,16H,(H2,13,14,15,17). The SMILES string of the molecule is Oc1cccc(-c2nc(O)c3cc[nH]c3n2)c1. The Morgan fingerprint density at radius 2 is 1.94 bits per heavy atom. The molecule has 0 aliphatic carbocycles. The molecule has 5 heteroatoms. The van der Waals surface area contributed by atoms with Crippen molar-refractivity contribution >= 4 is 11.0 Å². The van der Waals surface area contributed by atoms with Gasteiger partial charge in [-0.25, -0.2) is 4.98 Å². The molecule has 5 nitrogen and oxygen atoms in total. The highest BCUT2D eigenvalue weighted by molar-refractivity contribution is 5.82. The molecule has 3 rings (SSSR count). The van der Waals surface area contributed by atoms with Crippen LogP contribution in [0.15, 0.2) is 36.5 Å². The van der Waals surface area contributed by atoms with Crippen molar-refractivity contribution in [2.75, 3.05) is 0 Å². The first-order valence-corrected chi connectivity index (χ1v) is 5.07. The lowest BCUT2D eigenvalue weighted by atomic mass is 10.2. The molecule has 0 unspecified atom stereocenters. The zero-order chi connectivity index (χ0) is 11.8. The second kappa shape index (κ2) is 3.48. The Kier molecular flexibility index (Phi) is 1.98. The first kappa shape index (κ1) is 9.65. The van der Waals surface area contributed by atoms with Crippen molar-refractivity contribution in [3.8, 4) is 23.0 Å². The van der Waals surface area contributed by atoms with Crippen LogP contribution in [0.4, 0.5) is 0 Å². The van der Waals surface area contributed by atoms with Gasteiger partial charge in [0.25, 0.3) is 0 Å². The molecule has 0 bridgehead atoms. The van der Waals surface area contributed by atoms with E-state index in [1.54, 1.807) is 36.5 Å². The average molecular weight is 227 g/mol. The number of H-pyrrole nitrogens is 1. The first-order valence-electron chi connectivity index (χ1n) is 5.07. The number of rotatable bonds is 1. The minimum absolute atomic E-state index is 0.0745. The van der Waals surface area contributed by atoms with E-state index in [0.29, 0.717) is 22.4 Å². The number of aromatic hydroxyl groups is 2. The largest absolute Gasteiger partial charge is 0.508 e. The maximum Gasteiger partial charge on any atom is 0.224 e. The van der Waals surface area contributed by atoms with Crippen LogP contribution in [0.3, 0.4) is 0 Å². The van der Waals surface area contributed by atoms with Gasteiger partial charge in [-0.15, -0.1) is 0 Å². The molecule has 3 N–H and O–H groups in total. The summed E-state index contributed by atoms with van der Waals surface area (Å²) in [5.41, 5.74) is 1.22. The van der Waals surface area contributed by atoms with E-state index in [1.165, 1.54) is 0 Å². The molecule has 0 amide bonds. The van der Waals surface area contributed by atoms with Gasteiger partial charge in [-0.05, 0) is 18.2 Å². The van der Waals surface area contributed by atoms with Crippen LogP contribution in [-0.2, 0) is 0 Å². The third-order valence-corrected chi connectivity index (χ3v) is 2.50. The summed E-state index contributed by atoms with van der Waals surface area (Å²) in [7, 11) is 0. The molecule has 1 aromatic carbocycles. The number of phenolic OH excluding ortho intramolecular Hbond substituents is 1. The fraction of sp³-hybridized carbons (Fsp3) is 0. The van der Waals surface area contributed by atoms with Crippen LogP contribution in [0.2, 0.25) is 0 Å². The van der Waals surface area contributed by atoms with Crippen molar-refractivity contribution in [1.82, 2.24) is 15.0 Å². The van der Waals surface area contributed by atoms with Gasteiger partial charge in [0, 0.05) is 11.8 Å². The summed E-state index contributed by atoms with van der Waals surface area (Å²) in [4.78, 5) is 11.2. The number of nitrogens with zero attached hydrogens (tertiary/aromatic N) is 2. The van der Waals surface area contributed by atoms with Gasteiger partial charge in [0.05, 0.1) is 5.39 Å². The van der Waals surface area contributed by atoms with Crippen molar-refractivity contribution < 1.29 is 10.2 Å². The normalized spacial score (nSPS) is 10.8. The number of hydrogen-bond acceptors (Lipinski definition) is 4. The van der Waals surface area contributed by atoms with Crippen molar-refractivity contribution in [2.45, 2.75) is 0 Å². The van der Waals surface area contributed by atoms with Crippen LogP contribution in [0, 0.1) is 0 Å². The van der Waals surface area contributed by atoms with E-state index in [2.05, 4.69) is 15.0 Å². The molecule has 0 fully saturated rings. The Bertz CT molecular complexity index is 691. The van der Waals surface area contributed by atoms with Gasteiger partial charge in [-0.3, -0.25) is 0 Å². The Morgan fingerprint density at radius 3 is 2.76 bits per heavy atom. The molecular weight excluding hydrogens is 218 g/mol. The summed E-state index contributed by atoms with van der Waals surface area (Å²) < 4.78 is 0. The van der Waals surface area contributed by atoms with E-state index in [4.69, 9.17) is 0 Å². The van der Waals surface area contributed by atoms with Crippen LogP contribution >= 0.6 is 0 Å². The number of benzene rings is 1. The van der Waals surface area contributed by atoms with Gasteiger partial charge in [-0.1, -0.05) is 12.1 Å². The Balaban J connectivity index is 2.23. The number of hydrogen-bond donors (Lipinski definition) is 3. The summed E-state index contributed by atoms with van der Waals surface area (Å²) in [5.74, 6) is 0.431. The summed E-state index contributed by atoms with van der Waals surface area (Å²) in [6, 6.07) is 8.28. The number of nitrogens with one attached hydrogen (secondary N) is 1. The Hall–Kier alpha value is -2.56. The van der Waals surface area contributed by atoms with Crippen LogP contribution in [0.25, 0.3) is 22.4 Å². The highest BCUT2D eigenvalue weighted by atomic mass is 16.3. The van der Waals surface area contributed by atoms with E-state index in [1.807, 2.05) is 0 Å². The summed E-state index contributed by atoms with van der Waals surface area (Å²) >= 11 is 0. The van der Waals surface area contributed by atoms with Crippen LogP contribution < -0.4 is 0 Å². The van der Waals surface area contributed by atoms with E-state index >= 15 is 0 Å². The maximum absolute atomic E-state index is 9.74. The fourth-order valence-electron chi connectivity index (χ4n) is 1.70. The number of aromatic amines is 1. The van der Waals surface area contributed by atoms with Crippen molar-refractivity contribution in [1.29, 1.82) is 0 Å². The molecule has 0 spiro atoms. The van der Waals surface area contributed by atoms with E-state index < -0.39 is 0 Å². The van der Waals surface area contributed by atoms with Gasteiger partial charge >= 0.3 is 0 Å². The van der Waals surface area contributed by atoms with E-state index in [0.717, 1.165) is 0 Å². The molecule has 0 saturated carbocycles. The predicted octanol–water partition coefficient (Wildman–Crippen LogP) is 2.04. The van der Waals surface area contributed by atoms with Gasteiger partial charge in [-0.2, -0.15) is 4.98 Å². The highest BCUT2D eigenvalue weighted by Gasteiger charge is 2.09. The van der Waals surface area contributed by atoms with Gasteiger partial charge in [0.1, 0.15) is 11.4 Å². The summed E-state index contributed by atoms with van der Waals surface area (Å²) in [6.07, 6.45) is 1.69. The average Bonchev–Trinajstić information content (AvgIpc) is 2.77. The number of aromatic nitrogens is 3. The van der Waals surface area contributed by atoms with Crippen molar-refractivity contribution in [2.24, 2.45) is 0 Å². The van der Waals surface area contributed by atoms with Crippen molar-refractivity contribution in [3.63, 3.8) is 0 Å². The molecular formula is C12H9N3O2. The second-order valence-electron chi connectivity index (χ2n) is 3.66. The molecule has 0 aliphatic heterocycles. The smallest absolute Gasteiger partial charge is 0.224 e. The molecule has 84 valence electrons. The number of fused-ring (bicyclic) bond motifs is 1. The molecule has 3 aromatic rings. The second-order valence-corrected chi connectivity index (χ2v) is 3.66. The quantitative estimate of drug-likeness (QED) is 0.594. The zero-order valence-corrected chi connectivity index (χ0v) is 8.75. The molecule has 0 atom stereocenters. The van der Waals surface area contributed by atoms with Crippen LogP contribution in [0.5, 0.6) is 11.6 Å². The van der Waals surface area contributed by atoms with E-state index in [9.17, 15) is 10.2 Å². The van der Waals surface area contributed by atoms with E-state index in [-0.39, 0.29) is 11.6 Å². The topological polar surface area (TPSA) is 82.0 Å². The molecule has 2 aromatic heterocycles. The Morgan fingerprint density at radius 1 is 1.06 bits per heavy atom. The molecule has 0 radical (unpaired) electrons. The van der Waals surface area contributed by atoms with Gasteiger partial charge in [0.2, 0.25) is 5.88 Å². The third-order valence-electron chi connectivity index (χ3n) is 2.50. The third kappa shape index (κ3) is 1.57. The maximum atomic E-state index is 9.74. The highest BCUT2D eigenvalue weighted by Crippen LogP contribution is 2.26. The van der Waals surface area contributed by atoms with Crippen LogP contribution in [-0.4, -0.2) is 25.2 Å². The monoisotopic (exact) mass is 227 g/mol. The van der Waals surface area contributed by atoms with Gasteiger partial charge < -0.3 is 15.2 Å². The number of phenols is 1. The minimum atomic E-state index is -0.0745. The predicted molar refractivity (Wildman–Crippen MR) is 62.7 cm³/mol. The zero-order valence-electron chi connectivity index (χ0n) is 8.75. The lowest BCUT2D eigenvalue weighted by molar-refractivity contribution is 0.460. The molecule has 0 aliphatic rings. The van der Waals surface area contributed by atoms with Crippen molar-refractivity contribution in [3.05, 3.63) is 36.5 Å². The molecule has 17 heavy (non-hydrogen) atoms. The fourth-order valence-corrected chi connectivity index (χ4v) is 1.70. The minimum Gasteiger partial charge on any atom is -0.508 e. The summed E-state index contributed by atoms with van der Waals surface area (Å²) in [6.45, 7) is 0. The lowest BCUT2D eigenvalue weighted by Crippen LogP contribution is -1.90. The van der Waals surface area contributed by atoms with Crippen LogP contribution in [0.1, 0.15) is 0 Å². The molecule has 2 heterocycles. The Labute approximate surface area is 96.4 Å².